The van der Waals surface area contributed by atoms with Crippen LogP contribution in [0.4, 0.5) is 23.0 Å². The van der Waals surface area contributed by atoms with Crippen LogP contribution in [0.25, 0.3) is 0 Å². The monoisotopic (exact) mass is 323 g/mol. The summed E-state index contributed by atoms with van der Waals surface area (Å²) in [6.45, 7) is -1.68. The second-order valence-electron chi connectivity index (χ2n) is 4.37. The molecular weight excluding hydrogens is 311 g/mol. The molecule has 1 heterocycles. The number of hydrogen-bond donors (Lipinski definition) is 1. The highest BCUT2D eigenvalue weighted by Crippen LogP contribution is 2.39. The van der Waals surface area contributed by atoms with Gasteiger partial charge in [0.15, 0.2) is 6.61 Å². The van der Waals surface area contributed by atoms with Gasteiger partial charge >= 0.3 is 18.2 Å². The van der Waals surface area contributed by atoms with Gasteiger partial charge in [0.2, 0.25) is 0 Å². The molecule has 9 heteroatoms. The summed E-state index contributed by atoms with van der Waals surface area (Å²) in [7, 11) is 1.20. The minimum Gasteiger partial charge on any atom is -0.465 e. The topological polar surface area (TPSA) is 64.6 Å². The van der Waals surface area contributed by atoms with Crippen LogP contribution in [0.15, 0.2) is 0 Å². The standard InChI is InChI=1S/C12H12F3NO4S/c1-19-10(17)8-6-3-2-4-7(6)21-9(8)16-11(18)20-5-12(13,14)15/h2-5H2,1H3,(H,16,18). The molecule has 1 aliphatic rings. The van der Waals surface area contributed by atoms with Crippen molar-refractivity contribution in [3.8, 4) is 0 Å². The third-order valence-corrected chi connectivity index (χ3v) is 4.10. The predicted octanol–water partition coefficient (Wildman–Crippen LogP) is 3.13. The van der Waals surface area contributed by atoms with Gasteiger partial charge in [-0.2, -0.15) is 13.2 Å². The van der Waals surface area contributed by atoms with Crippen molar-refractivity contribution in [3.63, 3.8) is 0 Å². The summed E-state index contributed by atoms with van der Waals surface area (Å²) in [6, 6.07) is 0. The smallest absolute Gasteiger partial charge is 0.422 e. The largest absolute Gasteiger partial charge is 0.465 e. The van der Waals surface area contributed by atoms with Gasteiger partial charge < -0.3 is 9.47 Å². The number of rotatable bonds is 3. The van der Waals surface area contributed by atoms with E-state index in [1.54, 1.807) is 0 Å². The van der Waals surface area contributed by atoms with Crippen molar-refractivity contribution in [2.45, 2.75) is 25.4 Å². The van der Waals surface area contributed by atoms with Gasteiger partial charge in [-0.15, -0.1) is 11.3 Å². The van der Waals surface area contributed by atoms with Crippen molar-refractivity contribution >= 4 is 28.4 Å². The Morgan fingerprint density at radius 3 is 2.67 bits per heavy atom. The molecule has 0 saturated carbocycles. The average Bonchev–Trinajstić information content (AvgIpc) is 2.95. The van der Waals surface area contributed by atoms with E-state index in [1.165, 1.54) is 7.11 Å². The number of amides is 1. The highest BCUT2D eigenvalue weighted by atomic mass is 32.1. The first-order valence-electron chi connectivity index (χ1n) is 6.05. The maximum absolute atomic E-state index is 12.0. The van der Waals surface area contributed by atoms with Crippen LogP contribution in [-0.4, -0.2) is 32.0 Å². The molecule has 0 fully saturated rings. The lowest BCUT2D eigenvalue weighted by atomic mass is 10.1. The fraction of sp³-hybridized carbons (Fsp3) is 0.500. The number of halogens is 3. The van der Waals surface area contributed by atoms with Crippen LogP contribution in [0.3, 0.4) is 0 Å². The summed E-state index contributed by atoms with van der Waals surface area (Å²) in [4.78, 5) is 24.1. The Morgan fingerprint density at radius 2 is 2.05 bits per heavy atom. The maximum atomic E-state index is 12.0. The molecule has 0 spiro atoms. The zero-order valence-corrected chi connectivity index (χ0v) is 11.8. The Hall–Kier alpha value is -1.77. The number of fused-ring (bicyclic) bond motifs is 1. The number of carbonyl (C=O) groups is 2. The summed E-state index contributed by atoms with van der Waals surface area (Å²) in [5.41, 5.74) is 0.997. The first-order chi connectivity index (χ1) is 9.81. The van der Waals surface area contributed by atoms with Gasteiger partial charge in [-0.05, 0) is 24.8 Å². The van der Waals surface area contributed by atoms with Crippen LogP contribution in [-0.2, 0) is 22.3 Å². The third kappa shape index (κ3) is 3.66. The minimum atomic E-state index is -4.60. The first kappa shape index (κ1) is 15.6. The van der Waals surface area contributed by atoms with E-state index in [1.807, 2.05) is 0 Å². The maximum Gasteiger partial charge on any atom is 0.422 e. The molecule has 5 nitrogen and oxygen atoms in total. The molecule has 116 valence electrons. The van der Waals surface area contributed by atoms with E-state index in [9.17, 15) is 22.8 Å². The number of alkyl halides is 3. The summed E-state index contributed by atoms with van der Waals surface area (Å²) < 4.78 is 44.6. The quantitative estimate of drug-likeness (QED) is 0.868. The van der Waals surface area contributed by atoms with E-state index in [2.05, 4.69) is 14.8 Å². The third-order valence-electron chi connectivity index (χ3n) is 2.89. The van der Waals surface area contributed by atoms with Gasteiger partial charge in [-0.3, -0.25) is 5.32 Å². The van der Waals surface area contributed by atoms with E-state index in [-0.39, 0.29) is 10.6 Å². The normalized spacial score (nSPS) is 13.7. The van der Waals surface area contributed by atoms with Crippen molar-refractivity contribution in [1.82, 2.24) is 0 Å². The van der Waals surface area contributed by atoms with E-state index in [0.717, 1.165) is 34.6 Å². The van der Waals surface area contributed by atoms with Gasteiger partial charge in [0, 0.05) is 4.88 Å². The van der Waals surface area contributed by atoms with Crippen molar-refractivity contribution < 1.29 is 32.2 Å². The number of methoxy groups -OCH3 is 1. The number of ether oxygens (including phenoxy) is 2. The molecule has 2 rings (SSSR count). The Balaban J connectivity index is 2.13. The predicted molar refractivity (Wildman–Crippen MR) is 68.7 cm³/mol. The zero-order valence-electron chi connectivity index (χ0n) is 11.0. The molecule has 0 saturated heterocycles. The van der Waals surface area contributed by atoms with Gasteiger partial charge in [-0.25, -0.2) is 9.59 Å². The van der Waals surface area contributed by atoms with Crippen molar-refractivity contribution in [3.05, 3.63) is 16.0 Å². The van der Waals surface area contributed by atoms with E-state index in [4.69, 9.17) is 0 Å². The lowest BCUT2D eigenvalue weighted by Crippen LogP contribution is -2.23. The summed E-state index contributed by atoms with van der Waals surface area (Å²) in [6.07, 6.45) is -3.51. The molecule has 0 aromatic carbocycles. The highest BCUT2D eigenvalue weighted by molar-refractivity contribution is 7.17. The lowest BCUT2D eigenvalue weighted by molar-refractivity contribution is -0.159. The fourth-order valence-electron chi connectivity index (χ4n) is 2.09. The van der Waals surface area contributed by atoms with Gasteiger partial charge in [0.1, 0.15) is 5.00 Å². The Labute approximate surface area is 122 Å². The SMILES string of the molecule is COC(=O)c1c(NC(=O)OCC(F)(F)F)sc2c1CCC2. The number of thiophene rings is 1. The highest BCUT2D eigenvalue weighted by Gasteiger charge is 2.31. The molecule has 0 aliphatic heterocycles. The number of hydrogen-bond acceptors (Lipinski definition) is 5. The van der Waals surface area contributed by atoms with Crippen molar-refractivity contribution in [2.75, 3.05) is 19.0 Å². The molecular formula is C12H12F3NO4S. The second-order valence-corrected chi connectivity index (χ2v) is 5.47. The van der Waals surface area contributed by atoms with E-state index < -0.39 is 24.8 Å². The lowest BCUT2D eigenvalue weighted by Gasteiger charge is -2.09. The molecule has 21 heavy (non-hydrogen) atoms. The number of carbonyl (C=O) groups excluding carboxylic acids is 2. The van der Waals surface area contributed by atoms with Crippen LogP contribution >= 0.6 is 11.3 Å². The van der Waals surface area contributed by atoms with Crippen molar-refractivity contribution in [1.29, 1.82) is 0 Å². The molecule has 1 aliphatic carbocycles. The molecule has 0 unspecified atom stereocenters. The molecule has 1 amide bonds. The Bertz CT molecular complexity index is 568. The Morgan fingerprint density at radius 1 is 1.33 bits per heavy atom. The molecule has 1 aromatic rings. The molecule has 1 aromatic heterocycles. The number of aryl methyl sites for hydroxylation is 1. The minimum absolute atomic E-state index is 0.165. The van der Waals surface area contributed by atoms with Gasteiger partial charge in [0.05, 0.1) is 12.7 Å². The fourth-order valence-corrected chi connectivity index (χ4v) is 3.35. The van der Waals surface area contributed by atoms with Crippen LogP contribution in [0.1, 0.15) is 27.2 Å². The van der Waals surface area contributed by atoms with Gasteiger partial charge in [0.25, 0.3) is 0 Å². The number of anilines is 1. The van der Waals surface area contributed by atoms with Gasteiger partial charge in [-0.1, -0.05) is 0 Å². The van der Waals surface area contributed by atoms with Crippen molar-refractivity contribution in [2.24, 2.45) is 0 Å². The van der Waals surface area contributed by atoms with Crippen LogP contribution in [0, 0.1) is 0 Å². The number of esters is 1. The summed E-state index contributed by atoms with van der Waals surface area (Å²) in [5.74, 6) is -0.625. The van der Waals surface area contributed by atoms with Crippen LogP contribution in [0.2, 0.25) is 0 Å². The second kappa shape index (κ2) is 5.92. The van der Waals surface area contributed by atoms with Crippen LogP contribution < -0.4 is 5.32 Å². The molecule has 0 bridgehead atoms. The Kier molecular flexibility index (Phi) is 4.40. The molecule has 1 N–H and O–H groups in total. The first-order valence-corrected chi connectivity index (χ1v) is 6.87. The molecule has 0 atom stereocenters. The summed E-state index contributed by atoms with van der Waals surface area (Å²) in [5, 5.41) is 2.35. The zero-order chi connectivity index (χ0) is 15.6. The van der Waals surface area contributed by atoms with E-state index in [0.29, 0.717) is 6.42 Å². The number of nitrogens with one attached hydrogen (secondary N) is 1. The average molecular weight is 323 g/mol. The van der Waals surface area contributed by atoms with E-state index >= 15 is 0 Å². The summed E-state index contributed by atoms with van der Waals surface area (Å²) >= 11 is 1.16. The van der Waals surface area contributed by atoms with Crippen LogP contribution in [0.5, 0.6) is 0 Å². The molecule has 0 radical (unpaired) electrons.